The van der Waals surface area contributed by atoms with E-state index in [1.54, 1.807) is 24.3 Å². The number of carbonyl (C=O) groups excluding carboxylic acids is 1. The van der Waals surface area contributed by atoms with E-state index in [2.05, 4.69) is 0 Å². The van der Waals surface area contributed by atoms with Crippen LogP contribution in [0.4, 0.5) is 11.4 Å². The van der Waals surface area contributed by atoms with E-state index < -0.39 is 0 Å². The molecule has 0 saturated heterocycles. The highest BCUT2D eigenvalue weighted by Gasteiger charge is 2.18. The molecule has 0 spiro atoms. The fourth-order valence-electron chi connectivity index (χ4n) is 1.92. The summed E-state index contributed by atoms with van der Waals surface area (Å²) in [5, 5.41) is 18.4. The van der Waals surface area contributed by atoms with Gasteiger partial charge in [-0.3, -0.25) is 4.79 Å². The number of para-hydroxylation sites is 2. The molecule has 104 valence electrons. The molecule has 0 bridgehead atoms. The quantitative estimate of drug-likeness (QED) is 0.738. The number of hydrogen-bond acceptors (Lipinski definition) is 4. The van der Waals surface area contributed by atoms with Crippen molar-refractivity contribution in [1.29, 1.82) is 0 Å². The summed E-state index contributed by atoms with van der Waals surface area (Å²) in [6, 6.07) is 12.9. The van der Waals surface area contributed by atoms with Gasteiger partial charge in [0.25, 0.3) is 5.91 Å². The number of hydrogen-bond donors (Lipinski definition) is 3. The second-order valence-electron chi connectivity index (χ2n) is 4.29. The van der Waals surface area contributed by atoms with Gasteiger partial charge in [0.2, 0.25) is 0 Å². The molecule has 4 N–H and O–H groups in total. The molecule has 5 nitrogen and oxygen atoms in total. The summed E-state index contributed by atoms with van der Waals surface area (Å²) in [4.78, 5) is 13.9. The van der Waals surface area contributed by atoms with Gasteiger partial charge in [-0.15, -0.1) is 0 Å². The van der Waals surface area contributed by atoms with E-state index >= 15 is 0 Å². The maximum absolute atomic E-state index is 12.5. The van der Waals surface area contributed by atoms with Gasteiger partial charge in [-0.25, -0.2) is 0 Å². The molecule has 0 heterocycles. The van der Waals surface area contributed by atoms with Crippen LogP contribution in [-0.2, 0) is 0 Å². The Bertz CT molecular complexity index is 596. The molecule has 2 rings (SSSR count). The number of anilines is 2. The number of phenolic OH excluding ortho intramolecular Hbond substituents is 1. The van der Waals surface area contributed by atoms with Crippen molar-refractivity contribution >= 4 is 17.3 Å². The lowest BCUT2D eigenvalue weighted by Crippen LogP contribution is -2.34. The zero-order valence-corrected chi connectivity index (χ0v) is 10.9. The number of carbonyl (C=O) groups is 1. The van der Waals surface area contributed by atoms with Crippen molar-refractivity contribution in [2.24, 2.45) is 0 Å². The average Bonchev–Trinajstić information content (AvgIpc) is 2.46. The van der Waals surface area contributed by atoms with Gasteiger partial charge in [0.15, 0.2) is 0 Å². The standard InChI is InChI=1S/C15H16N2O3/c16-13-3-1-2-4-14(13)17(9-10-18)15(20)11-5-7-12(19)8-6-11/h1-8,18-19H,9-10,16H2. The van der Waals surface area contributed by atoms with Crippen molar-refractivity contribution in [1.82, 2.24) is 0 Å². The summed E-state index contributed by atoms with van der Waals surface area (Å²) in [7, 11) is 0. The average molecular weight is 272 g/mol. The molecular weight excluding hydrogens is 256 g/mol. The van der Waals surface area contributed by atoms with E-state index in [0.717, 1.165) is 0 Å². The smallest absolute Gasteiger partial charge is 0.258 e. The zero-order valence-electron chi connectivity index (χ0n) is 10.9. The van der Waals surface area contributed by atoms with E-state index in [4.69, 9.17) is 10.8 Å². The van der Waals surface area contributed by atoms with Gasteiger partial charge >= 0.3 is 0 Å². The molecule has 0 radical (unpaired) electrons. The monoisotopic (exact) mass is 272 g/mol. The first kappa shape index (κ1) is 13.9. The summed E-state index contributed by atoms with van der Waals surface area (Å²) in [6.07, 6.45) is 0. The number of nitrogen functional groups attached to an aromatic ring is 1. The minimum absolute atomic E-state index is 0.0921. The zero-order chi connectivity index (χ0) is 14.5. The summed E-state index contributed by atoms with van der Waals surface area (Å²) in [5.41, 5.74) is 7.31. The van der Waals surface area contributed by atoms with Gasteiger partial charge in [0.1, 0.15) is 5.75 Å². The van der Waals surface area contributed by atoms with Crippen molar-refractivity contribution in [3.05, 3.63) is 54.1 Å². The molecule has 2 aromatic rings. The molecular formula is C15H16N2O3. The Kier molecular flexibility index (Phi) is 4.22. The third-order valence-electron chi connectivity index (χ3n) is 2.91. The fourth-order valence-corrected chi connectivity index (χ4v) is 1.92. The maximum atomic E-state index is 12.5. The predicted octanol–water partition coefficient (Wildman–Crippen LogP) is 1.61. The number of nitrogens with two attached hydrogens (primary N) is 1. The normalized spacial score (nSPS) is 10.2. The first-order chi connectivity index (χ1) is 9.63. The van der Waals surface area contributed by atoms with Crippen LogP contribution < -0.4 is 10.6 Å². The third kappa shape index (κ3) is 2.89. The first-order valence-electron chi connectivity index (χ1n) is 6.19. The van der Waals surface area contributed by atoms with Crippen LogP contribution in [0.5, 0.6) is 5.75 Å². The Morgan fingerprint density at radius 1 is 1.10 bits per heavy atom. The lowest BCUT2D eigenvalue weighted by Gasteiger charge is -2.23. The summed E-state index contributed by atoms with van der Waals surface area (Å²) in [6.45, 7) is -0.0217. The van der Waals surface area contributed by atoms with Crippen LogP contribution in [0, 0.1) is 0 Å². The first-order valence-corrected chi connectivity index (χ1v) is 6.19. The van der Waals surface area contributed by atoms with Crippen LogP contribution in [0.3, 0.4) is 0 Å². The summed E-state index contributed by atoms with van der Waals surface area (Å²) in [5.74, 6) is -0.188. The van der Waals surface area contributed by atoms with Gasteiger partial charge in [-0.1, -0.05) is 12.1 Å². The van der Waals surface area contributed by atoms with Crippen molar-refractivity contribution in [2.75, 3.05) is 23.8 Å². The van der Waals surface area contributed by atoms with Crippen molar-refractivity contribution in [3.63, 3.8) is 0 Å². The second-order valence-corrected chi connectivity index (χ2v) is 4.29. The molecule has 20 heavy (non-hydrogen) atoms. The number of amides is 1. The number of rotatable bonds is 4. The van der Waals surface area contributed by atoms with Crippen LogP contribution in [0.25, 0.3) is 0 Å². The van der Waals surface area contributed by atoms with Crippen LogP contribution in [0.15, 0.2) is 48.5 Å². The molecule has 0 saturated carbocycles. The Morgan fingerprint density at radius 3 is 2.35 bits per heavy atom. The molecule has 0 aliphatic carbocycles. The number of aromatic hydroxyl groups is 1. The SMILES string of the molecule is Nc1ccccc1N(CCO)C(=O)c1ccc(O)cc1. The molecule has 5 heteroatoms. The van der Waals surface area contributed by atoms with Crippen LogP contribution in [-0.4, -0.2) is 29.3 Å². The topological polar surface area (TPSA) is 86.8 Å². The number of aliphatic hydroxyl groups is 1. The molecule has 0 unspecified atom stereocenters. The largest absolute Gasteiger partial charge is 0.508 e. The maximum Gasteiger partial charge on any atom is 0.258 e. The summed E-state index contributed by atoms with van der Waals surface area (Å²) >= 11 is 0. The number of aliphatic hydroxyl groups excluding tert-OH is 1. The van der Waals surface area contributed by atoms with E-state index in [9.17, 15) is 9.90 Å². The molecule has 1 amide bonds. The number of benzene rings is 2. The minimum Gasteiger partial charge on any atom is -0.508 e. The predicted molar refractivity (Wildman–Crippen MR) is 77.7 cm³/mol. The Labute approximate surface area is 116 Å². The molecule has 0 aliphatic rings. The Morgan fingerprint density at radius 2 is 1.75 bits per heavy atom. The van der Waals surface area contributed by atoms with Crippen LogP contribution >= 0.6 is 0 Å². The molecule has 2 aromatic carbocycles. The Hall–Kier alpha value is -2.53. The lowest BCUT2D eigenvalue weighted by molar-refractivity contribution is 0.0981. The lowest BCUT2D eigenvalue weighted by atomic mass is 10.1. The molecule has 0 aliphatic heterocycles. The highest BCUT2D eigenvalue weighted by molar-refractivity contribution is 6.07. The van der Waals surface area contributed by atoms with Crippen LogP contribution in [0.2, 0.25) is 0 Å². The van der Waals surface area contributed by atoms with Gasteiger partial charge in [-0.2, -0.15) is 0 Å². The van der Waals surface area contributed by atoms with E-state index in [1.807, 2.05) is 0 Å². The third-order valence-corrected chi connectivity index (χ3v) is 2.91. The highest BCUT2D eigenvalue weighted by atomic mass is 16.3. The van der Waals surface area contributed by atoms with E-state index in [1.165, 1.54) is 29.2 Å². The minimum atomic E-state index is -0.281. The van der Waals surface area contributed by atoms with Crippen LogP contribution in [0.1, 0.15) is 10.4 Å². The van der Waals surface area contributed by atoms with E-state index in [-0.39, 0.29) is 24.8 Å². The second kappa shape index (κ2) is 6.08. The van der Waals surface area contributed by atoms with Crippen molar-refractivity contribution in [2.45, 2.75) is 0 Å². The fraction of sp³-hybridized carbons (Fsp3) is 0.133. The van der Waals surface area contributed by atoms with Crippen molar-refractivity contribution < 1.29 is 15.0 Å². The number of phenols is 1. The molecule has 0 fully saturated rings. The molecule has 0 atom stereocenters. The van der Waals surface area contributed by atoms with Crippen molar-refractivity contribution in [3.8, 4) is 5.75 Å². The van der Waals surface area contributed by atoms with Gasteiger partial charge < -0.3 is 20.8 Å². The van der Waals surface area contributed by atoms with Gasteiger partial charge in [0, 0.05) is 12.1 Å². The Balaban J connectivity index is 2.36. The molecule has 0 aromatic heterocycles. The highest BCUT2D eigenvalue weighted by Crippen LogP contribution is 2.24. The van der Waals surface area contributed by atoms with Gasteiger partial charge in [0.05, 0.1) is 18.0 Å². The van der Waals surface area contributed by atoms with E-state index in [0.29, 0.717) is 16.9 Å². The summed E-state index contributed by atoms with van der Waals surface area (Å²) < 4.78 is 0. The van der Waals surface area contributed by atoms with Gasteiger partial charge in [-0.05, 0) is 36.4 Å². The number of nitrogens with zero attached hydrogens (tertiary/aromatic N) is 1.